The number of hydrogen-bond acceptors (Lipinski definition) is 4. The number of benzene rings is 1. The molecule has 6 nitrogen and oxygen atoms in total. The maximum absolute atomic E-state index is 12.5. The molecule has 1 amide bonds. The van der Waals surface area contributed by atoms with Crippen molar-refractivity contribution in [2.45, 2.75) is 25.7 Å². The van der Waals surface area contributed by atoms with E-state index in [1.165, 1.54) is 35.5 Å². The molecule has 1 atom stereocenters. The molecule has 0 aliphatic heterocycles. The number of anilines is 1. The number of sulfonamides is 1. The summed E-state index contributed by atoms with van der Waals surface area (Å²) in [6, 6.07) is 7.99. The topological polar surface area (TPSA) is 90.3 Å². The van der Waals surface area contributed by atoms with Gasteiger partial charge in [-0.1, -0.05) is 6.92 Å². The first kappa shape index (κ1) is 17.1. The molecule has 0 bridgehead atoms. The SMILES string of the molecule is CCN(CC(C)C#N)S(=O)(=O)c1ccc(NC(C)=O)cc1. The smallest absolute Gasteiger partial charge is 0.243 e. The van der Waals surface area contributed by atoms with Crippen LogP contribution >= 0.6 is 0 Å². The molecule has 114 valence electrons. The van der Waals surface area contributed by atoms with Crippen LogP contribution in [-0.2, 0) is 14.8 Å². The molecule has 1 aromatic rings. The Balaban J connectivity index is 3.00. The molecule has 0 aliphatic carbocycles. The highest BCUT2D eigenvalue weighted by molar-refractivity contribution is 7.89. The molecule has 0 fully saturated rings. The zero-order valence-electron chi connectivity index (χ0n) is 12.3. The van der Waals surface area contributed by atoms with E-state index < -0.39 is 10.0 Å². The maximum atomic E-state index is 12.5. The molecule has 21 heavy (non-hydrogen) atoms. The molecule has 1 rings (SSSR count). The van der Waals surface area contributed by atoms with Gasteiger partial charge in [-0.25, -0.2) is 8.42 Å². The highest BCUT2D eigenvalue weighted by Gasteiger charge is 2.24. The fourth-order valence-electron chi connectivity index (χ4n) is 1.81. The quantitative estimate of drug-likeness (QED) is 0.867. The van der Waals surface area contributed by atoms with Crippen molar-refractivity contribution >= 4 is 21.6 Å². The Morgan fingerprint density at radius 1 is 1.38 bits per heavy atom. The van der Waals surface area contributed by atoms with E-state index in [4.69, 9.17) is 5.26 Å². The second kappa shape index (κ2) is 7.20. The summed E-state index contributed by atoms with van der Waals surface area (Å²) in [5.74, 6) is -0.595. The number of carbonyl (C=O) groups excluding carboxylic acids is 1. The van der Waals surface area contributed by atoms with Crippen molar-refractivity contribution in [3.8, 4) is 6.07 Å². The van der Waals surface area contributed by atoms with Gasteiger partial charge in [-0.05, 0) is 31.2 Å². The molecule has 1 N–H and O–H groups in total. The first-order chi connectivity index (χ1) is 9.81. The van der Waals surface area contributed by atoms with Crippen molar-refractivity contribution < 1.29 is 13.2 Å². The van der Waals surface area contributed by atoms with Gasteiger partial charge in [0.2, 0.25) is 15.9 Å². The lowest BCUT2D eigenvalue weighted by molar-refractivity contribution is -0.114. The second-order valence-electron chi connectivity index (χ2n) is 4.69. The monoisotopic (exact) mass is 309 g/mol. The molecule has 1 aromatic carbocycles. The number of rotatable bonds is 6. The van der Waals surface area contributed by atoms with Crippen LogP contribution < -0.4 is 5.32 Å². The Hall–Kier alpha value is -1.91. The fourth-order valence-corrected chi connectivity index (χ4v) is 3.34. The van der Waals surface area contributed by atoms with Gasteiger partial charge in [-0.15, -0.1) is 0 Å². The van der Waals surface area contributed by atoms with E-state index in [2.05, 4.69) is 5.32 Å². The third kappa shape index (κ3) is 4.55. The molecule has 0 aromatic heterocycles. The van der Waals surface area contributed by atoms with Gasteiger partial charge in [0.05, 0.1) is 16.9 Å². The predicted molar refractivity (Wildman–Crippen MR) is 80.0 cm³/mol. The summed E-state index contributed by atoms with van der Waals surface area (Å²) in [7, 11) is -3.63. The van der Waals surface area contributed by atoms with Crippen molar-refractivity contribution in [3.63, 3.8) is 0 Å². The van der Waals surface area contributed by atoms with E-state index in [1.54, 1.807) is 13.8 Å². The third-order valence-electron chi connectivity index (χ3n) is 2.86. The average Bonchev–Trinajstić information content (AvgIpc) is 2.44. The maximum Gasteiger partial charge on any atom is 0.243 e. The first-order valence-corrected chi connectivity index (χ1v) is 8.02. The molecule has 0 saturated heterocycles. The Morgan fingerprint density at radius 3 is 2.38 bits per heavy atom. The average molecular weight is 309 g/mol. The van der Waals surface area contributed by atoms with Crippen molar-refractivity contribution in [3.05, 3.63) is 24.3 Å². The molecule has 0 spiro atoms. The highest BCUT2D eigenvalue weighted by Crippen LogP contribution is 2.19. The Morgan fingerprint density at radius 2 is 1.95 bits per heavy atom. The number of nitrogens with one attached hydrogen (secondary N) is 1. The largest absolute Gasteiger partial charge is 0.326 e. The van der Waals surface area contributed by atoms with Crippen LogP contribution in [0.5, 0.6) is 0 Å². The Labute approximate surface area is 125 Å². The minimum atomic E-state index is -3.63. The van der Waals surface area contributed by atoms with Gasteiger partial charge in [0.1, 0.15) is 0 Å². The molecule has 0 heterocycles. The summed E-state index contributed by atoms with van der Waals surface area (Å²) < 4.78 is 26.2. The van der Waals surface area contributed by atoms with E-state index >= 15 is 0 Å². The van der Waals surface area contributed by atoms with Crippen molar-refractivity contribution in [1.82, 2.24) is 4.31 Å². The molecule has 0 saturated carbocycles. The number of hydrogen-bond donors (Lipinski definition) is 1. The van der Waals surface area contributed by atoms with Crippen LogP contribution in [0.2, 0.25) is 0 Å². The highest BCUT2D eigenvalue weighted by atomic mass is 32.2. The van der Waals surface area contributed by atoms with E-state index in [-0.39, 0.29) is 23.3 Å². The second-order valence-corrected chi connectivity index (χ2v) is 6.63. The lowest BCUT2D eigenvalue weighted by Gasteiger charge is -2.21. The molecular formula is C14H19N3O3S. The van der Waals surface area contributed by atoms with Gasteiger partial charge >= 0.3 is 0 Å². The Kier molecular flexibility index (Phi) is 5.88. The predicted octanol–water partition coefficient (Wildman–Crippen LogP) is 1.82. The minimum Gasteiger partial charge on any atom is -0.326 e. The van der Waals surface area contributed by atoms with Crippen LogP contribution in [0.3, 0.4) is 0 Å². The fraction of sp³-hybridized carbons (Fsp3) is 0.429. The van der Waals surface area contributed by atoms with Gasteiger partial charge in [0, 0.05) is 25.7 Å². The van der Waals surface area contributed by atoms with Gasteiger partial charge in [-0.2, -0.15) is 9.57 Å². The normalized spacial score (nSPS) is 12.7. The standard InChI is InChI=1S/C14H19N3O3S/c1-4-17(10-11(2)9-15)21(19,20)14-7-5-13(6-8-14)16-12(3)18/h5-8,11H,4,10H2,1-3H3,(H,16,18). The van der Waals surface area contributed by atoms with E-state index in [0.717, 1.165) is 0 Å². The molecule has 0 aliphatic rings. The molecular weight excluding hydrogens is 290 g/mol. The van der Waals surface area contributed by atoms with Crippen molar-refractivity contribution in [1.29, 1.82) is 5.26 Å². The summed E-state index contributed by atoms with van der Waals surface area (Å²) in [4.78, 5) is 11.1. The lowest BCUT2D eigenvalue weighted by atomic mass is 10.2. The summed E-state index contributed by atoms with van der Waals surface area (Å²) in [5.41, 5.74) is 0.537. The minimum absolute atomic E-state index is 0.142. The lowest BCUT2D eigenvalue weighted by Crippen LogP contribution is -2.34. The zero-order valence-corrected chi connectivity index (χ0v) is 13.1. The van der Waals surface area contributed by atoms with Gasteiger partial charge < -0.3 is 5.32 Å². The number of nitrogens with zero attached hydrogens (tertiary/aromatic N) is 2. The number of carbonyl (C=O) groups is 1. The zero-order chi connectivity index (χ0) is 16.0. The molecule has 0 radical (unpaired) electrons. The van der Waals surface area contributed by atoms with Crippen LogP contribution in [-0.4, -0.2) is 31.7 Å². The molecule has 1 unspecified atom stereocenters. The summed E-state index contributed by atoms with van der Waals surface area (Å²) in [6.45, 7) is 5.24. The third-order valence-corrected chi connectivity index (χ3v) is 4.82. The molecule has 7 heteroatoms. The first-order valence-electron chi connectivity index (χ1n) is 6.58. The van der Waals surface area contributed by atoms with E-state index in [1.807, 2.05) is 6.07 Å². The number of nitriles is 1. The number of amides is 1. The van der Waals surface area contributed by atoms with Crippen molar-refractivity contribution in [2.24, 2.45) is 5.92 Å². The van der Waals surface area contributed by atoms with Crippen LogP contribution in [0.15, 0.2) is 29.2 Å². The van der Waals surface area contributed by atoms with Crippen LogP contribution in [0, 0.1) is 17.2 Å². The van der Waals surface area contributed by atoms with E-state index in [9.17, 15) is 13.2 Å². The summed E-state index contributed by atoms with van der Waals surface area (Å²) in [6.07, 6.45) is 0. The van der Waals surface area contributed by atoms with Gasteiger partial charge in [-0.3, -0.25) is 4.79 Å². The van der Waals surface area contributed by atoms with E-state index in [0.29, 0.717) is 12.2 Å². The van der Waals surface area contributed by atoms with Crippen LogP contribution in [0.1, 0.15) is 20.8 Å². The van der Waals surface area contributed by atoms with Gasteiger partial charge in [0.15, 0.2) is 0 Å². The summed E-state index contributed by atoms with van der Waals surface area (Å²) in [5, 5.41) is 11.4. The van der Waals surface area contributed by atoms with Crippen LogP contribution in [0.4, 0.5) is 5.69 Å². The van der Waals surface area contributed by atoms with Crippen molar-refractivity contribution in [2.75, 3.05) is 18.4 Å². The summed E-state index contributed by atoms with van der Waals surface area (Å²) >= 11 is 0. The van der Waals surface area contributed by atoms with Crippen LogP contribution in [0.25, 0.3) is 0 Å². The Bertz CT molecular complexity index is 632. The van der Waals surface area contributed by atoms with Gasteiger partial charge in [0.25, 0.3) is 0 Å².